The molecule has 1 aromatic rings. The summed E-state index contributed by atoms with van der Waals surface area (Å²) in [5, 5.41) is 10.1. The van der Waals surface area contributed by atoms with E-state index in [1.165, 1.54) is 0 Å². The van der Waals surface area contributed by atoms with Gasteiger partial charge in [-0.05, 0) is 19.8 Å². The molecule has 0 spiro atoms. The summed E-state index contributed by atoms with van der Waals surface area (Å²) in [6, 6.07) is 0.0442. The van der Waals surface area contributed by atoms with Gasteiger partial charge in [-0.2, -0.15) is 5.10 Å². The standard InChI is InChI=1S/C11H15N5O/c1-2-16-6-7(5-12-16)9-10(17)15-11(14-9)13-8-3-4-8/h5-6,8-9H,2-4H2,1H3,(H2,13,14,15,17). The molecule has 1 fully saturated rings. The first-order valence-corrected chi connectivity index (χ1v) is 5.94. The second-order valence-corrected chi connectivity index (χ2v) is 4.42. The number of aryl methyl sites for hydroxylation is 1. The van der Waals surface area contributed by atoms with Crippen molar-refractivity contribution < 1.29 is 4.79 Å². The van der Waals surface area contributed by atoms with E-state index < -0.39 is 6.04 Å². The number of rotatable bonds is 3. The van der Waals surface area contributed by atoms with Crippen molar-refractivity contribution in [1.82, 2.24) is 20.4 Å². The van der Waals surface area contributed by atoms with E-state index in [0.29, 0.717) is 12.0 Å². The second kappa shape index (κ2) is 3.87. The minimum atomic E-state index is -0.448. The summed E-state index contributed by atoms with van der Waals surface area (Å²) in [6.45, 7) is 2.81. The average Bonchev–Trinajstić information content (AvgIpc) is 2.88. The number of guanidine groups is 1. The zero-order valence-electron chi connectivity index (χ0n) is 9.68. The minimum absolute atomic E-state index is 0.0798. The number of carbonyl (C=O) groups is 1. The molecule has 2 N–H and O–H groups in total. The van der Waals surface area contributed by atoms with Crippen molar-refractivity contribution in [2.45, 2.75) is 38.4 Å². The van der Waals surface area contributed by atoms with Crippen LogP contribution in [0.2, 0.25) is 0 Å². The third kappa shape index (κ3) is 2.02. The average molecular weight is 233 g/mol. The summed E-state index contributed by atoms with van der Waals surface area (Å²) in [5.74, 6) is 0.524. The van der Waals surface area contributed by atoms with Gasteiger partial charge in [-0.25, -0.2) is 4.99 Å². The predicted molar refractivity (Wildman–Crippen MR) is 62.4 cm³/mol. The van der Waals surface area contributed by atoms with Crippen molar-refractivity contribution >= 4 is 11.9 Å². The van der Waals surface area contributed by atoms with E-state index in [9.17, 15) is 4.79 Å². The SMILES string of the molecule is CCn1cc(C2N=C(NC3CC3)NC2=O)cn1. The van der Waals surface area contributed by atoms with Gasteiger partial charge in [-0.15, -0.1) is 0 Å². The highest BCUT2D eigenvalue weighted by Crippen LogP contribution is 2.23. The van der Waals surface area contributed by atoms with Crippen molar-refractivity contribution in [1.29, 1.82) is 0 Å². The molecule has 1 unspecified atom stereocenters. The molecule has 1 aliphatic carbocycles. The molecule has 17 heavy (non-hydrogen) atoms. The molecule has 2 aliphatic rings. The molecule has 1 amide bonds. The third-order valence-electron chi connectivity index (χ3n) is 2.96. The van der Waals surface area contributed by atoms with E-state index in [2.05, 4.69) is 20.7 Å². The van der Waals surface area contributed by atoms with E-state index in [1.54, 1.807) is 10.9 Å². The molecule has 1 atom stereocenters. The topological polar surface area (TPSA) is 71.3 Å². The molecule has 2 heterocycles. The summed E-state index contributed by atoms with van der Waals surface area (Å²) < 4.78 is 1.80. The van der Waals surface area contributed by atoms with Crippen LogP contribution in [-0.4, -0.2) is 27.7 Å². The number of aromatic nitrogens is 2. The Labute approximate surface area is 99.1 Å². The highest BCUT2D eigenvalue weighted by atomic mass is 16.2. The molecule has 1 aliphatic heterocycles. The molecule has 90 valence electrons. The maximum Gasteiger partial charge on any atom is 0.256 e. The van der Waals surface area contributed by atoms with Gasteiger partial charge in [-0.1, -0.05) is 0 Å². The molecule has 3 rings (SSSR count). The Morgan fingerprint density at radius 1 is 1.59 bits per heavy atom. The van der Waals surface area contributed by atoms with Crippen LogP contribution >= 0.6 is 0 Å². The lowest BCUT2D eigenvalue weighted by Gasteiger charge is -2.01. The smallest absolute Gasteiger partial charge is 0.256 e. The van der Waals surface area contributed by atoms with Crippen molar-refractivity contribution in [3.05, 3.63) is 18.0 Å². The largest absolute Gasteiger partial charge is 0.353 e. The number of amides is 1. The molecule has 1 aromatic heterocycles. The molecular formula is C11H15N5O. The number of nitrogens with zero attached hydrogens (tertiary/aromatic N) is 3. The Morgan fingerprint density at radius 3 is 3.06 bits per heavy atom. The van der Waals surface area contributed by atoms with Crippen LogP contribution in [0.5, 0.6) is 0 Å². The highest BCUT2D eigenvalue weighted by Gasteiger charge is 2.31. The molecule has 0 aromatic carbocycles. The lowest BCUT2D eigenvalue weighted by atomic mass is 10.2. The Balaban J connectivity index is 1.77. The van der Waals surface area contributed by atoms with Gasteiger partial charge in [0.25, 0.3) is 5.91 Å². The first-order valence-electron chi connectivity index (χ1n) is 5.94. The van der Waals surface area contributed by atoms with Crippen molar-refractivity contribution in [2.75, 3.05) is 0 Å². The molecule has 0 radical (unpaired) electrons. The van der Waals surface area contributed by atoms with E-state index in [4.69, 9.17) is 0 Å². The normalized spacial score (nSPS) is 23.5. The number of hydrogen-bond acceptors (Lipinski definition) is 4. The van der Waals surface area contributed by atoms with Crippen molar-refractivity contribution in [2.24, 2.45) is 4.99 Å². The number of nitrogens with one attached hydrogen (secondary N) is 2. The first kappa shape index (κ1) is 10.3. The van der Waals surface area contributed by atoms with Crippen LogP contribution in [-0.2, 0) is 11.3 Å². The minimum Gasteiger partial charge on any atom is -0.353 e. The molecule has 0 bridgehead atoms. The molecule has 1 saturated carbocycles. The van der Waals surface area contributed by atoms with Gasteiger partial charge in [0.15, 0.2) is 12.0 Å². The Bertz CT molecular complexity index is 474. The van der Waals surface area contributed by atoms with Crippen LogP contribution < -0.4 is 10.6 Å². The van der Waals surface area contributed by atoms with Crippen LogP contribution in [0.1, 0.15) is 31.4 Å². The van der Waals surface area contributed by atoms with Gasteiger partial charge in [0.2, 0.25) is 0 Å². The van der Waals surface area contributed by atoms with Crippen molar-refractivity contribution in [3.63, 3.8) is 0 Å². The lowest BCUT2D eigenvalue weighted by Crippen LogP contribution is -2.37. The monoisotopic (exact) mass is 233 g/mol. The van der Waals surface area contributed by atoms with Gasteiger partial charge in [0, 0.05) is 24.3 Å². The summed E-state index contributed by atoms with van der Waals surface area (Å²) >= 11 is 0. The van der Waals surface area contributed by atoms with E-state index in [-0.39, 0.29) is 5.91 Å². The summed E-state index contributed by atoms with van der Waals surface area (Å²) in [5.41, 5.74) is 0.844. The lowest BCUT2D eigenvalue weighted by molar-refractivity contribution is -0.120. The highest BCUT2D eigenvalue weighted by molar-refractivity contribution is 6.05. The van der Waals surface area contributed by atoms with E-state index in [0.717, 1.165) is 24.9 Å². The van der Waals surface area contributed by atoms with Crippen LogP contribution in [0.4, 0.5) is 0 Å². The Morgan fingerprint density at radius 2 is 2.41 bits per heavy atom. The zero-order chi connectivity index (χ0) is 11.8. The number of hydrogen-bond donors (Lipinski definition) is 2. The fourth-order valence-corrected chi connectivity index (χ4v) is 1.82. The van der Waals surface area contributed by atoms with Gasteiger partial charge < -0.3 is 5.32 Å². The fraction of sp³-hybridized carbons (Fsp3) is 0.545. The molecular weight excluding hydrogens is 218 g/mol. The molecule has 6 nitrogen and oxygen atoms in total. The number of carbonyl (C=O) groups excluding carboxylic acids is 1. The van der Waals surface area contributed by atoms with E-state index in [1.807, 2.05) is 13.1 Å². The van der Waals surface area contributed by atoms with Crippen LogP contribution in [0.15, 0.2) is 17.4 Å². The van der Waals surface area contributed by atoms with Gasteiger partial charge in [0.1, 0.15) is 0 Å². The summed E-state index contributed by atoms with van der Waals surface area (Å²) in [7, 11) is 0. The first-order chi connectivity index (χ1) is 8.26. The maximum atomic E-state index is 11.8. The number of aliphatic imine (C=N–C) groups is 1. The van der Waals surface area contributed by atoms with Gasteiger partial charge >= 0.3 is 0 Å². The van der Waals surface area contributed by atoms with Gasteiger partial charge in [0.05, 0.1) is 6.20 Å². The predicted octanol–water partition coefficient (Wildman–Crippen LogP) is 0.182. The molecule has 6 heteroatoms. The van der Waals surface area contributed by atoms with Crippen LogP contribution in [0.3, 0.4) is 0 Å². The van der Waals surface area contributed by atoms with Gasteiger partial charge in [-0.3, -0.25) is 14.8 Å². The van der Waals surface area contributed by atoms with Crippen molar-refractivity contribution in [3.8, 4) is 0 Å². The molecule has 0 saturated heterocycles. The summed E-state index contributed by atoms with van der Waals surface area (Å²) in [4.78, 5) is 16.1. The quantitative estimate of drug-likeness (QED) is 0.782. The summed E-state index contributed by atoms with van der Waals surface area (Å²) in [6.07, 6.45) is 5.89. The van der Waals surface area contributed by atoms with Crippen LogP contribution in [0, 0.1) is 0 Å². The fourth-order valence-electron chi connectivity index (χ4n) is 1.82. The Hall–Kier alpha value is -1.85. The zero-order valence-corrected chi connectivity index (χ0v) is 9.68. The maximum absolute atomic E-state index is 11.8. The Kier molecular flexibility index (Phi) is 2.35. The van der Waals surface area contributed by atoms with Crippen LogP contribution in [0.25, 0.3) is 0 Å². The second-order valence-electron chi connectivity index (χ2n) is 4.42. The van der Waals surface area contributed by atoms with E-state index >= 15 is 0 Å². The third-order valence-corrected chi connectivity index (χ3v) is 2.96.